The van der Waals surface area contributed by atoms with Crippen molar-refractivity contribution in [2.24, 2.45) is 0 Å². The normalized spacial score (nSPS) is 16.0. The van der Waals surface area contributed by atoms with Crippen LogP contribution in [0.3, 0.4) is 0 Å². The number of methoxy groups -OCH3 is 1. The largest absolute Gasteiger partial charge is 0.468 e. The van der Waals surface area contributed by atoms with Crippen LogP contribution in [0.5, 0.6) is 0 Å². The van der Waals surface area contributed by atoms with E-state index in [9.17, 15) is 4.79 Å². The van der Waals surface area contributed by atoms with E-state index in [0.717, 1.165) is 10.9 Å². The lowest BCUT2D eigenvalue weighted by Crippen LogP contribution is -2.51. The van der Waals surface area contributed by atoms with Crippen LogP contribution in [0.1, 0.15) is 27.2 Å². The van der Waals surface area contributed by atoms with Gasteiger partial charge in [0.1, 0.15) is 9.88 Å². The maximum atomic E-state index is 11.9. The molecule has 4 nitrogen and oxygen atoms in total. The molecule has 0 aliphatic carbocycles. The summed E-state index contributed by atoms with van der Waals surface area (Å²) in [6, 6.07) is 0. The predicted molar refractivity (Wildman–Crippen MR) is 76.1 cm³/mol. The molecule has 0 radical (unpaired) electrons. The van der Waals surface area contributed by atoms with Crippen LogP contribution < -0.4 is 5.32 Å². The Labute approximate surface area is 117 Å². The minimum Gasteiger partial charge on any atom is -0.468 e. The fraction of sp³-hybridized carbons (Fsp3) is 0.667. The zero-order valence-electron chi connectivity index (χ0n) is 11.2. The first-order valence-corrected chi connectivity index (χ1v) is 7.67. The number of esters is 1. The molecule has 0 saturated heterocycles. The van der Waals surface area contributed by atoms with Gasteiger partial charge in [-0.25, -0.2) is 4.98 Å². The van der Waals surface area contributed by atoms with Gasteiger partial charge in [0.05, 0.1) is 7.11 Å². The molecule has 0 amide bonds. The van der Waals surface area contributed by atoms with Crippen LogP contribution in [0.2, 0.25) is 0 Å². The van der Waals surface area contributed by atoms with Gasteiger partial charge in [0.2, 0.25) is 0 Å². The van der Waals surface area contributed by atoms with E-state index in [1.165, 1.54) is 7.11 Å². The number of thiazole rings is 1. The van der Waals surface area contributed by atoms with Crippen molar-refractivity contribution in [1.82, 2.24) is 10.3 Å². The zero-order chi connectivity index (χ0) is 13.6. The van der Waals surface area contributed by atoms with E-state index in [1.807, 2.05) is 19.2 Å². The van der Waals surface area contributed by atoms with Crippen LogP contribution in [0.4, 0.5) is 0 Å². The predicted octanol–water partition coefficient (Wildman–Crippen LogP) is 2.56. The first kappa shape index (κ1) is 15.5. The van der Waals surface area contributed by atoms with E-state index >= 15 is 0 Å². The Morgan fingerprint density at radius 1 is 1.72 bits per heavy atom. The van der Waals surface area contributed by atoms with E-state index in [0.29, 0.717) is 11.7 Å². The number of likely N-dealkylation sites (N-methyl/N-ethyl adjacent to an activating group) is 1. The number of hydrogen-bond acceptors (Lipinski definition) is 6. The van der Waals surface area contributed by atoms with Crippen molar-refractivity contribution in [1.29, 1.82) is 0 Å². The number of carbonyl (C=O) groups is 1. The highest BCUT2D eigenvalue weighted by atomic mass is 32.2. The number of rotatable bonds is 7. The Hall–Kier alpha value is -0.590. The lowest BCUT2D eigenvalue weighted by molar-refractivity contribution is -0.148. The molecule has 0 bridgehead atoms. The Bertz CT molecular complexity index is 370. The first-order valence-electron chi connectivity index (χ1n) is 5.91. The maximum Gasteiger partial charge on any atom is 0.325 e. The minimum absolute atomic E-state index is 0.212. The average molecular weight is 288 g/mol. The molecule has 2 unspecified atom stereocenters. The molecule has 0 fully saturated rings. The standard InChI is InChI=1S/C12H20N2O2S2/c1-5-14-12(3,10(15)16-4)8-9(2)18-11-13-6-7-17-11/h6-7,9,14H,5,8H2,1-4H3. The molecule has 6 heteroatoms. The Morgan fingerprint density at radius 2 is 2.44 bits per heavy atom. The third-order valence-electron chi connectivity index (χ3n) is 2.61. The van der Waals surface area contributed by atoms with Crippen LogP contribution in [0.15, 0.2) is 15.9 Å². The third-order valence-corrected chi connectivity index (χ3v) is 4.63. The molecule has 1 rings (SSSR count). The molecule has 0 aromatic carbocycles. The number of nitrogens with zero attached hydrogens (tertiary/aromatic N) is 1. The van der Waals surface area contributed by atoms with E-state index in [4.69, 9.17) is 4.74 Å². The molecule has 0 saturated carbocycles. The number of carbonyl (C=O) groups excluding carboxylic acids is 1. The summed E-state index contributed by atoms with van der Waals surface area (Å²) in [7, 11) is 1.43. The van der Waals surface area contributed by atoms with Crippen molar-refractivity contribution in [3.8, 4) is 0 Å². The lowest BCUT2D eigenvalue weighted by Gasteiger charge is -2.29. The van der Waals surface area contributed by atoms with Crippen LogP contribution in [-0.4, -0.2) is 35.4 Å². The van der Waals surface area contributed by atoms with Gasteiger partial charge in [-0.05, 0) is 19.9 Å². The van der Waals surface area contributed by atoms with Gasteiger partial charge in [-0.2, -0.15) is 0 Å². The van der Waals surface area contributed by atoms with E-state index in [1.54, 1.807) is 29.3 Å². The highest BCUT2D eigenvalue weighted by molar-refractivity contribution is 8.01. The summed E-state index contributed by atoms with van der Waals surface area (Å²) in [4.78, 5) is 16.1. The molecule has 0 aliphatic rings. The number of aromatic nitrogens is 1. The fourth-order valence-corrected chi connectivity index (χ4v) is 4.02. The quantitative estimate of drug-likeness (QED) is 0.617. The highest BCUT2D eigenvalue weighted by Gasteiger charge is 2.35. The molecule has 0 spiro atoms. The summed E-state index contributed by atoms with van der Waals surface area (Å²) < 4.78 is 5.91. The monoisotopic (exact) mass is 288 g/mol. The first-order chi connectivity index (χ1) is 8.51. The summed E-state index contributed by atoms with van der Waals surface area (Å²) in [6.45, 7) is 6.71. The second-order valence-corrected chi connectivity index (χ2v) is 6.86. The van der Waals surface area contributed by atoms with Crippen LogP contribution in [-0.2, 0) is 9.53 Å². The van der Waals surface area contributed by atoms with E-state index < -0.39 is 5.54 Å². The number of nitrogens with one attached hydrogen (secondary N) is 1. The van der Waals surface area contributed by atoms with Gasteiger partial charge < -0.3 is 10.1 Å². The van der Waals surface area contributed by atoms with E-state index in [2.05, 4.69) is 17.2 Å². The van der Waals surface area contributed by atoms with Crippen LogP contribution >= 0.6 is 23.1 Å². The summed E-state index contributed by atoms with van der Waals surface area (Å²) in [6.07, 6.45) is 2.50. The number of ether oxygens (including phenoxy) is 1. The van der Waals surface area contributed by atoms with Gasteiger partial charge >= 0.3 is 5.97 Å². The van der Waals surface area contributed by atoms with Crippen molar-refractivity contribution in [3.05, 3.63) is 11.6 Å². The molecule has 102 valence electrons. The summed E-state index contributed by atoms with van der Waals surface area (Å²) in [5.74, 6) is -0.212. The Balaban J connectivity index is 2.62. The van der Waals surface area contributed by atoms with Crippen molar-refractivity contribution in [2.45, 2.75) is 42.3 Å². The van der Waals surface area contributed by atoms with Crippen molar-refractivity contribution in [3.63, 3.8) is 0 Å². The second-order valence-electron chi connectivity index (χ2n) is 4.28. The molecule has 1 aromatic rings. The van der Waals surface area contributed by atoms with Crippen molar-refractivity contribution in [2.75, 3.05) is 13.7 Å². The molecule has 0 aliphatic heterocycles. The second kappa shape index (κ2) is 7.11. The SMILES string of the molecule is CCNC(C)(CC(C)Sc1nccs1)C(=O)OC. The topological polar surface area (TPSA) is 51.2 Å². The van der Waals surface area contributed by atoms with Crippen molar-refractivity contribution < 1.29 is 9.53 Å². The average Bonchev–Trinajstić information content (AvgIpc) is 2.80. The van der Waals surface area contributed by atoms with Gasteiger partial charge in [-0.3, -0.25) is 4.79 Å². The van der Waals surface area contributed by atoms with Gasteiger partial charge in [0, 0.05) is 16.8 Å². The molecule has 2 atom stereocenters. The van der Waals surface area contributed by atoms with Gasteiger partial charge in [0.25, 0.3) is 0 Å². The molecular weight excluding hydrogens is 268 g/mol. The summed E-state index contributed by atoms with van der Waals surface area (Å²) in [5, 5.41) is 5.46. The van der Waals surface area contributed by atoms with E-state index in [-0.39, 0.29) is 5.97 Å². The third kappa shape index (κ3) is 4.26. The van der Waals surface area contributed by atoms with Gasteiger partial charge in [0.15, 0.2) is 0 Å². The lowest BCUT2D eigenvalue weighted by atomic mass is 9.96. The zero-order valence-corrected chi connectivity index (χ0v) is 12.9. The number of thioether (sulfide) groups is 1. The summed E-state index contributed by atoms with van der Waals surface area (Å²) in [5.41, 5.74) is -0.632. The smallest absolute Gasteiger partial charge is 0.325 e. The minimum atomic E-state index is -0.632. The van der Waals surface area contributed by atoms with Crippen LogP contribution in [0, 0.1) is 0 Å². The van der Waals surface area contributed by atoms with Crippen molar-refractivity contribution >= 4 is 29.1 Å². The molecule has 1 aromatic heterocycles. The molecule has 1 heterocycles. The summed E-state index contributed by atoms with van der Waals surface area (Å²) >= 11 is 3.31. The van der Waals surface area contributed by atoms with Crippen LogP contribution in [0.25, 0.3) is 0 Å². The Morgan fingerprint density at radius 3 is 2.94 bits per heavy atom. The Kier molecular flexibility index (Phi) is 6.11. The molecule has 1 N–H and O–H groups in total. The van der Waals surface area contributed by atoms with Gasteiger partial charge in [-0.15, -0.1) is 11.3 Å². The molecule has 18 heavy (non-hydrogen) atoms. The maximum absolute atomic E-state index is 11.9. The molecular formula is C12H20N2O2S2. The number of hydrogen-bond donors (Lipinski definition) is 1. The van der Waals surface area contributed by atoms with Gasteiger partial charge in [-0.1, -0.05) is 25.6 Å². The highest BCUT2D eigenvalue weighted by Crippen LogP contribution is 2.30. The fourth-order valence-electron chi connectivity index (χ4n) is 1.90.